The molecular formula is C25H24N2O5. The van der Waals surface area contributed by atoms with Crippen molar-refractivity contribution >= 4 is 28.3 Å². The van der Waals surface area contributed by atoms with E-state index in [1.165, 1.54) is 0 Å². The van der Waals surface area contributed by atoms with Crippen LogP contribution in [0.15, 0.2) is 71.1 Å². The number of nitrogens with one attached hydrogen (secondary N) is 2. The van der Waals surface area contributed by atoms with Gasteiger partial charge in [-0.3, -0.25) is 4.79 Å². The summed E-state index contributed by atoms with van der Waals surface area (Å²) in [6.07, 6.45) is 0. The third kappa shape index (κ3) is 4.78. The second kappa shape index (κ2) is 9.34. The van der Waals surface area contributed by atoms with E-state index in [1.807, 2.05) is 36.4 Å². The van der Waals surface area contributed by atoms with E-state index in [9.17, 15) is 4.79 Å². The highest BCUT2D eigenvalue weighted by molar-refractivity contribution is 6.04. The fraction of sp³-hybridized carbons (Fsp3) is 0.160. The van der Waals surface area contributed by atoms with Gasteiger partial charge in [0, 0.05) is 29.4 Å². The number of amides is 1. The summed E-state index contributed by atoms with van der Waals surface area (Å²) in [6.45, 7) is 0.585. The molecule has 0 saturated heterocycles. The van der Waals surface area contributed by atoms with Gasteiger partial charge in [-0.15, -0.1) is 0 Å². The van der Waals surface area contributed by atoms with Gasteiger partial charge in [0.2, 0.25) is 0 Å². The molecule has 1 amide bonds. The summed E-state index contributed by atoms with van der Waals surface area (Å²) >= 11 is 0. The summed E-state index contributed by atoms with van der Waals surface area (Å²) in [7, 11) is 4.85. The maximum Gasteiger partial charge on any atom is 0.291 e. The molecule has 0 spiro atoms. The zero-order valence-corrected chi connectivity index (χ0v) is 18.1. The van der Waals surface area contributed by atoms with Gasteiger partial charge < -0.3 is 29.3 Å². The van der Waals surface area contributed by atoms with E-state index in [0.29, 0.717) is 17.8 Å². The molecule has 0 aliphatic heterocycles. The topological polar surface area (TPSA) is 82.0 Å². The van der Waals surface area contributed by atoms with Crippen LogP contribution in [0.25, 0.3) is 11.0 Å². The number of rotatable bonds is 8. The molecule has 0 aliphatic carbocycles. The quantitative estimate of drug-likeness (QED) is 0.392. The highest BCUT2D eigenvalue weighted by atomic mass is 16.5. The molecule has 3 aromatic carbocycles. The van der Waals surface area contributed by atoms with Gasteiger partial charge in [-0.25, -0.2) is 0 Å². The molecule has 7 heteroatoms. The summed E-state index contributed by atoms with van der Waals surface area (Å²) in [4.78, 5) is 12.6. The van der Waals surface area contributed by atoms with Crippen LogP contribution < -0.4 is 24.8 Å². The first-order chi connectivity index (χ1) is 15.6. The standard InChI is InChI=1S/C25H24N2O5/c1-29-20-7-4-18(5-8-20)27-25(28)24-13-17-12-19(6-9-23(17)32-24)26-15-16-10-21(30-2)14-22(11-16)31-3/h4-14,26H,15H2,1-3H3,(H,27,28). The molecule has 0 aliphatic rings. The summed E-state index contributed by atoms with van der Waals surface area (Å²) in [5.41, 5.74) is 3.22. The lowest BCUT2D eigenvalue weighted by atomic mass is 10.2. The van der Waals surface area contributed by atoms with Crippen LogP contribution in [0, 0.1) is 0 Å². The zero-order chi connectivity index (χ0) is 22.5. The molecule has 2 N–H and O–H groups in total. The van der Waals surface area contributed by atoms with E-state index < -0.39 is 0 Å². The number of furan rings is 1. The predicted molar refractivity (Wildman–Crippen MR) is 124 cm³/mol. The Morgan fingerprint density at radius 1 is 0.781 bits per heavy atom. The van der Waals surface area contributed by atoms with Crippen LogP contribution in [0.2, 0.25) is 0 Å². The lowest BCUT2D eigenvalue weighted by Gasteiger charge is -2.10. The number of hydrogen-bond donors (Lipinski definition) is 2. The van der Waals surface area contributed by atoms with E-state index in [4.69, 9.17) is 18.6 Å². The van der Waals surface area contributed by atoms with Crippen LogP contribution in [0.1, 0.15) is 16.1 Å². The Morgan fingerprint density at radius 3 is 2.09 bits per heavy atom. The fourth-order valence-corrected chi connectivity index (χ4v) is 3.30. The van der Waals surface area contributed by atoms with Crippen LogP contribution in [-0.2, 0) is 6.54 Å². The maximum atomic E-state index is 12.6. The number of anilines is 2. The first-order valence-electron chi connectivity index (χ1n) is 10.0. The van der Waals surface area contributed by atoms with Crippen molar-refractivity contribution < 1.29 is 23.4 Å². The van der Waals surface area contributed by atoms with Gasteiger partial charge in [-0.05, 0) is 66.2 Å². The Morgan fingerprint density at radius 2 is 1.44 bits per heavy atom. The van der Waals surface area contributed by atoms with Gasteiger partial charge >= 0.3 is 0 Å². The highest BCUT2D eigenvalue weighted by Gasteiger charge is 2.13. The lowest BCUT2D eigenvalue weighted by molar-refractivity contribution is 0.0998. The van der Waals surface area contributed by atoms with E-state index in [1.54, 1.807) is 51.7 Å². The van der Waals surface area contributed by atoms with Gasteiger partial charge in [-0.1, -0.05) is 0 Å². The number of carbonyl (C=O) groups excluding carboxylic acids is 1. The largest absolute Gasteiger partial charge is 0.497 e. The van der Waals surface area contributed by atoms with Crippen LogP contribution in [0.4, 0.5) is 11.4 Å². The molecule has 0 fully saturated rings. The van der Waals surface area contributed by atoms with E-state index in [2.05, 4.69) is 10.6 Å². The molecule has 0 bridgehead atoms. The molecule has 1 aromatic heterocycles. The molecule has 0 unspecified atom stereocenters. The number of methoxy groups -OCH3 is 3. The van der Waals surface area contributed by atoms with Crippen molar-refractivity contribution in [2.24, 2.45) is 0 Å². The van der Waals surface area contributed by atoms with Crippen molar-refractivity contribution in [3.63, 3.8) is 0 Å². The summed E-state index contributed by atoms with van der Waals surface area (Å²) in [5.74, 6) is 2.12. The third-order valence-electron chi connectivity index (χ3n) is 5.00. The van der Waals surface area contributed by atoms with Gasteiger partial charge in [0.25, 0.3) is 5.91 Å². The van der Waals surface area contributed by atoms with Gasteiger partial charge in [0.15, 0.2) is 5.76 Å². The van der Waals surface area contributed by atoms with Crippen molar-refractivity contribution in [3.8, 4) is 17.2 Å². The van der Waals surface area contributed by atoms with Crippen LogP contribution in [0.5, 0.6) is 17.2 Å². The average molecular weight is 432 g/mol. The first-order valence-corrected chi connectivity index (χ1v) is 10.0. The van der Waals surface area contributed by atoms with E-state index >= 15 is 0 Å². The normalized spacial score (nSPS) is 10.6. The molecule has 0 radical (unpaired) electrons. The third-order valence-corrected chi connectivity index (χ3v) is 5.00. The predicted octanol–water partition coefficient (Wildman–Crippen LogP) is 5.32. The molecule has 0 atom stereocenters. The Bertz CT molecular complexity index is 1210. The number of fused-ring (bicyclic) bond motifs is 1. The second-order valence-electron chi connectivity index (χ2n) is 7.12. The number of carbonyl (C=O) groups is 1. The molecule has 32 heavy (non-hydrogen) atoms. The van der Waals surface area contributed by atoms with E-state index in [0.717, 1.165) is 33.9 Å². The van der Waals surface area contributed by atoms with Crippen molar-refractivity contribution in [2.75, 3.05) is 32.0 Å². The first kappa shape index (κ1) is 21.1. The average Bonchev–Trinajstić information content (AvgIpc) is 3.26. The maximum absolute atomic E-state index is 12.6. The molecule has 1 heterocycles. The Kier molecular flexibility index (Phi) is 6.17. The minimum absolute atomic E-state index is 0.241. The van der Waals surface area contributed by atoms with Crippen LogP contribution >= 0.6 is 0 Å². The molecule has 164 valence electrons. The van der Waals surface area contributed by atoms with Crippen molar-refractivity contribution in [3.05, 3.63) is 78.1 Å². The Hall–Kier alpha value is -4.13. The lowest BCUT2D eigenvalue weighted by Crippen LogP contribution is -2.10. The number of ether oxygens (including phenoxy) is 3. The second-order valence-corrected chi connectivity index (χ2v) is 7.12. The highest BCUT2D eigenvalue weighted by Crippen LogP contribution is 2.26. The SMILES string of the molecule is COc1ccc(NC(=O)c2cc3cc(NCc4cc(OC)cc(OC)c4)ccc3o2)cc1. The van der Waals surface area contributed by atoms with Gasteiger partial charge in [0.1, 0.15) is 22.8 Å². The van der Waals surface area contributed by atoms with E-state index in [-0.39, 0.29) is 11.7 Å². The molecule has 4 aromatic rings. The molecule has 7 nitrogen and oxygen atoms in total. The minimum Gasteiger partial charge on any atom is -0.497 e. The van der Waals surface area contributed by atoms with Crippen molar-refractivity contribution in [1.29, 1.82) is 0 Å². The van der Waals surface area contributed by atoms with Gasteiger partial charge in [0.05, 0.1) is 21.3 Å². The fourth-order valence-electron chi connectivity index (χ4n) is 3.30. The van der Waals surface area contributed by atoms with Crippen LogP contribution in [-0.4, -0.2) is 27.2 Å². The number of hydrogen-bond acceptors (Lipinski definition) is 6. The Labute approximate surface area is 185 Å². The Balaban J connectivity index is 1.46. The molecule has 4 rings (SSSR count). The van der Waals surface area contributed by atoms with Crippen molar-refractivity contribution in [2.45, 2.75) is 6.54 Å². The zero-order valence-electron chi connectivity index (χ0n) is 18.1. The monoisotopic (exact) mass is 432 g/mol. The van der Waals surface area contributed by atoms with Crippen molar-refractivity contribution in [1.82, 2.24) is 0 Å². The number of benzene rings is 3. The smallest absolute Gasteiger partial charge is 0.291 e. The summed E-state index contributed by atoms with van der Waals surface area (Å²) < 4.78 is 21.5. The van der Waals surface area contributed by atoms with Crippen LogP contribution in [0.3, 0.4) is 0 Å². The molecular weight excluding hydrogens is 408 g/mol. The minimum atomic E-state index is -0.315. The molecule has 0 saturated carbocycles. The summed E-state index contributed by atoms with van der Waals surface area (Å²) in [6, 6.07) is 20.3. The summed E-state index contributed by atoms with van der Waals surface area (Å²) in [5, 5.41) is 7.04. The van der Waals surface area contributed by atoms with Gasteiger partial charge in [-0.2, -0.15) is 0 Å².